The van der Waals surface area contributed by atoms with Crippen LogP contribution in [-0.2, 0) is 10.0 Å². The number of guanidine groups is 1. The number of aliphatic imine (C=N–C) groups is 1. The van der Waals surface area contributed by atoms with E-state index in [9.17, 15) is 8.42 Å². The summed E-state index contributed by atoms with van der Waals surface area (Å²) in [6.45, 7) is 8.17. The molecule has 1 atom stereocenters. The zero-order chi connectivity index (χ0) is 15.1. The molecule has 0 amide bonds. The van der Waals surface area contributed by atoms with Crippen molar-refractivity contribution in [3.8, 4) is 0 Å². The zero-order valence-corrected chi connectivity index (χ0v) is 13.2. The largest absolute Gasteiger partial charge is 0.313 e. The second-order valence-corrected chi connectivity index (χ2v) is 7.65. The van der Waals surface area contributed by atoms with E-state index < -0.39 is 10.0 Å². The van der Waals surface area contributed by atoms with E-state index >= 15 is 0 Å². The van der Waals surface area contributed by atoms with Crippen molar-refractivity contribution in [3.05, 3.63) is 18.5 Å². The van der Waals surface area contributed by atoms with Crippen LogP contribution in [0.15, 0.2) is 28.3 Å². The maximum Gasteiger partial charge on any atom is 0.267 e. The molecule has 0 aromatic carbocycles. The van der Waals surface area contributed by atoms with Crippen LogP contribution in [0.25, 0.3) is 0 Å². The van der Waals surface area contributed by atoms with Crippen LogP contribution in [0.2, 0.25) is 0 Å². The summed E-state index contributed by atoms with van der Waals surface area (Å²) in [5.74, 6) is 0.339. The van der Waals surface area contributed by atoms with Gasteiger partial charge in [-0.1, -0.05) is 20.8 Å². The first-order valence-corrected chi connectivity index (χ1v) is 7.89. The topological polar surface area (TPSA) is 74.7 Å². The van der Waals surface area contributed by atoms with Gasteiger partial charge in [-0.2, -0.15) is 0 Å². The zero-order valence-electron chi connectivity index (χ0n) is 12.4. The molecule has 7 heteroatoms. The minimum absolute atomic E-state index is 0.0222. The number of nitrogens with zero attached hydrogens (tertiary/aromatic N) is 3. The Labute approximate surface area is 120 Å². The normalized spacial score (nSPS) is 21.2. The third-order valence-corrected chi connectivity index (χ3v) is 4.87. The number of anilines is 1. The summed E-state index contributed by atoms with van der Waals surface area (Å²) in [5.41, 5.74) is 0.538. The first kappa shape index (κ1) is 14.8. The molecule has 1 aliphatic heterocycles. The number of nitrogens with one attached hydrogen (secondary N) is 1. The van der Waals surface area contributed by atoms with Crippen LogP contribution in [0.3, 0.4) is 0 Å². The highest BCUT2D eigenvalue weighted by Crippen LogP contribution is 2.28. The van der Waals surface area contributed by atoms with E-state index in [2.05, 4.69) is 35.5 Å². The molecule has 6 nitrogen and oxygen atoms in total. The standard InChI is InChI=1S/C13H20N4O2S/c1-9(13(2,3)4)15-12-16-20(18,19)11-8-14-7-6-10(11)17(12)5/h6-9H,1-5H3,(H,15,16). The van der Waals surface area contributed by atoms with Crippen molar-refractivity contribution >= 4 is 21.7 Å². The number of pyridine rings is 1. The predicted octanol–water partition coefficient (Wildman–Crippen LogP) is 1.60. The molecule has 1 N–H and O–H groups in total. The molecule has 0 saturated heterocycles. The smallest absolute Gasteiger partial charge is 0.267 e. The summed E-state index contributed by atoms with van der Waals surface area (Å²) in [7, 11) is -1.81. The molecular weight excluding hydrogens is 276 g/mol. The number of fused-ring (bicyclic) bond motifs is 1. The first-order chi connectivity index (χ1) is 9.13. The van der Waals surface area contributed by atoms with Gasteiger partial charge in [-0.15, -0.1) is 0 Å². The van der Waals surface area contributed by atoms with Gasteiger partial charge in [0.25, 0.3) is 10.0 Å². The van der Waals surface area contributed by atoms with Gasteiger partial charge in [0.15, 0.2) is 0 Å². The molecule has 0 bridgehead atoms. The Hall–Kier alpha value is -1.63. The Morgan fingerprint density at radius 3 is 2.65 bits per heavy atom. The molecule has 2 heterocycles. The molecule has 0 spiro atoms. The molecule has 0 fully saturated rings. The fourth-order valence-electron chi connectivity index (χ4n) is 1.70. The van der Waals surface area contributed by atoms with Crippen molar-refractivity contribution in [2.75, 3.05) is 11.9 Å². The Morgan fingerprint density at radius 1 is 1.40 bits per heavy atom. The molecular formula is C13H20N4O2S. The molecule has 110 valence electrons. The maximum absolute atomic E-state index is 12.2. The van der Waals surface area contributed by atoms with E-state index in [1.807, 2.05) is 6.92 Å². The molecule has 20 heavy (non-hydrogen) atoms. The summed E-state index contributed by atoms with van der Waals surface area (Å²) < 4.78 is 26.9. The highest BCUT2D eigenvalue weighted by molar-refractivity contribution is 7.90. The lowest BCUT2D eigenvalue weighted by Crippen LogP contribution is -2.48. The Bertz CT molecular complexity index is 647. The van der Waals surface area contributed by atoms with Gasteiger partial charge in [-0.3, -0.25) is 4.98 Å². The molecule has 0 aliphatic carbocycles. The SMILES string of the molecule is CC(N=C1NS(=O)(=O)c2cnccc2N1C)C(C)(C)C. The van der Waals surface area contributed by atoms with Crippen LogP contribution in [0.4, 0.5) is 5.69 Å². The Morgan fingerprint density at radius 2 is 2.05 bits per heavy atom. The van der Waals surface area contributed by atoms with Gasteiger partial charge in [0.2, 0.25) is 5.96 Å². The van der Waals surface area contributed by atoms with Crippen LogP contribution >= 0.6 is 0 Å². The second kappa shape index (κ2) is 4.73. The fourth-order valence-corrected chi connectivity index (χ4v) is 2.92. The van der Waals surface area contributed by atoms with Crippen LogP contribution < -0.4 is 9.62 Å². The van der Waals surface area contributed by atoms with E-state index in [1.54, 1.807) is 24.2 Å². The minimum atomic E-state index is -3.60. The van der Waals surface area contributed by atoms with Crippen LogP contribution in [0.1, 0.15) is 27.7 Å². The van der Waals surface area contributed by atoms with Gasteiger partial charge in [-0.25, -0.2) is 18.1 Å². The summed E-state index contributed by atoms with van der Waals surface area (Å²) in [6, 6.07) is 1.65. The van der Waals surface area contributed by atoms with E-state index in [1.165, 1.54) is 6.20 Å². The summed E-state index contributed by atoms with van der Waals surface area (Å²) >= 11 is 0. The van der Waals surface area contributed by atoms with Crippen molar-refractivity contribution in [1.29, 1.82) is 0 Å². The van der Waals surface area contributed by atoms with E-state index in [0.29, 0.717) is 11.6 Å². The Balaban J connectivity index is 2.49. The van der Waals surface area contributed by atoms with Gasteiger partial charge in [0.1, 0.15) is 4.90 Å². The third kappa shape index (κ3) is 2.63. The van der Waals surface area contributed by atoms with Crippen molar-refractivity contribution in [2.24, 2.45) is 10.4 Å². The third-order valence-electron chi connectivity index (χ3n) is 3.53. The lowest BCUT2D eigenvalue weighted by atomic mass is 9.88. The molecule has 0 radical (unpaired) electrons. The molecule has 1 aliphatic rings. The lowest BCUT2D eigenvalue weighted by Gasteiger charge is -2.31. The first-order valence-electron chi connectivity index (χ1n) is 6.41. The van der Waals surface area contributed by atoms with Gasteiger partial charge in [0, 0.05) is 19.4 Å². The lowest BCUT2D eigenvalue weighted by molar-refractivity contribution is 0.341. The molecule has 1 unspecified atom stereocenters. The number of aromatic nitrogens is 1. The van der Waals surface area contributed by atoms with Crippen LogP contribution in [-0.4, -0.2) is 32.5 Å². The minimum Gasteiger partial charge on any atom is -0.313 e. The molecule has 1 aromatic rings. The van der Waals surface area contributed by atoms with Crippen molar-refractivity contribution in [3.63, 3.8) is 0 Å². The quantitative estimate of drug-likeness (QED) is 0.854. The second-order valence-electron chi connectivity index (χ2n) is 6.00. The van der Waals surface area contributed by atoms with Gasteiger partial charge >= 0.3 is 0 Å². The maximum atomic E-state index is 12.2. The summed E-state index contributed by atoms with van der Waals surface area (Å²) in [6.07, 6.45) is 2.92. The monoisotopic (exact) mass is 296 g/mol. The van der Waals surface area contributed by atoms with Crippen molar-refractivity contribution in [1.82, 2.24) is 9.71 Å². The van der Waals surface area contributed by atoms with E-state index in [0.717, 1.165) is 0 Å². The predicted molar refractivity (Wildman–Crippen MR) is 79.3 cm³/mol. The number of sulfonamides is 1. The highest BCUT2D eigenvalue weighted by atomic mass is 32.2. The average molecular weight is 296 g/mol. The average Bonchev–Trinajstić information content (AvgIpc) is 2.34. The Kier molecular flexibility index (Phi) is 3.49. The van der Waals surface area contributed by atoms with E-state index in [4.69, 9.17) is 0 Å². The van der Waals surface area contributed by atoms with E-state index in [-0.39, 0.29) is 16.4 Å². The van der Waals surface area contributed by atoms with Crippen LogP contribution in [0.5, 0.6) is 0 Å². The number of hydrogen-bond donors (Lipinski definition) is 1. The molecule has 2 rings (SSSR count). The van der Waals surface area contributed by atoms with Crippen LogP contribution in [0, 0.1) is 5.41 Å². The highest BCUT2D eigenvalue weighted by Gasteiger charge is 2.32. The van der Waals surface area contributed by atoms with Crippen molar-refractivity contribution in [2.45, 2.75) is 38.6 Å². The number of rotatable bonds is 1. The molecule has 1 aromatic heterocycles. The van der Waals surface area contributed by atoms with Crippen molar-refractivity contribution < 1.29 is 8.42 Å². The summed E-state index contributed by atoms with van der Waals surface area (Å²) in [5, 5.41) is 0. The number of hydrogen-bond acceptors (Lipinski definition) is 4. The van der Waals surface area contributed by atoms with Gasteiger partial charge < -0.3 is 4.90 Å². The van der Waals surface area contributed by atoms with Gasteiger partial charge in [-0.05, 0) is 18.4 Å². The summed E-state index contributed by atoms with van der Waals surface area (Å²) in [4.78, 5) is 10.3. The fraction of sp³-hybridized carbons (Fsp3) is 0.538. The van der Waals surface area contributed by atoms with Gasteiger partial charge in [0.05, 0.1) is 11.7 Å². The molecule has 0 saturated carbocycles.